The quantitative estimate of drug-likeness (QED) is 0.275. The van der Waals surface area contributed by atoms with Gasteiger partial charge in [0, 0.05) is 23.6 Å². The van der Waals surface area contributed by atoms with Crippen molar-refractivity contribution in [3.8, 4) is 11.5 Å². The molecule has 2 N–H and O–H groups in total. The van der Waals surface area contributed by atoms with E-state index in [4.69, 9.17) is 0 Å². The van der Waals surface area contributed by atoms with E-state index in [9.17, 15) is 10.2 Å². The molecule has 0 atom stereocenters. The fraction of sp³-hybridized carbons (Fsp3) is 0.562. The van der Waals surface area contributed by atoms with Crippen molar-refractivity contribution in [2.75, 3.05) is 13.1 Å². The van der Waals surface area contributed by atoms with Gasteiger partial charge in [-0.25, -0.2) is 0 Å². The number of hydrogen-bond donors (Lipinski definition) is 2. The highest BCUT2D eigenvalue weighted by Gasteiger charge is 2.18. The lowest BCUT2D eigenvalue weighted by atomic mass is 9.85. The third-order valence-corrected chi connectivity index (χ3v) is 5.99. The maximum atomic E-state index is 10.8. The van der Waals surface area contributed by atoms with Gasteiger partial charge in [-0.2, -0.15) is 0 Å². The summed E-state index contributed by atoms with van der Waals surface area (Å²) in [6.45, 7) is 22.8. The molecule has 4 heteroatoms. The van der Waals surface area contributed by atoms with Crippen LogP contribution < -0.4 is 0 Å². The summed E-state index contributed by atoms with van der Waals surface area (Å²) in [5, 5.41) is 21.6. The van der Waals surface area contributed by atoms with Crippen LogP contribution in [-0.4, -0.2) is 35.7 Å². The largest absolute Gasteiger partial charge is 0.507 e. The van der Waals surface area contributed by atoms with E-state index in [2.05, 4.69) is 91.4 Å². The van der Waals surface area contributed by atoms with Crippen molar-refractivity contribution in [2.24, 2.45) is 20.8 Å². The Balaban J connectivity index is 2.17. The van der Waals surface area contributed by atoms with E-state index in [0.29, 0.717) is 24.6 Å². The molecule has 0 aliphatic rings. The highest BCUT2D eigenvalue weighted by Crippen LogP contribution is 2.33. The number of nitrogens with zero attached hydrogens (tertiary/aromatic N) is 2. The fourth-order valence-corrected chi connectivity index (χ4v) is 4.44. The summed E-state index contributed by atoms with van der Waals surface area (Å²) >= 11 is 0. The zero-order valence-electron chi connectivity index (χ0n) is 24.2. The molecular weight excluding hydrogens is 444 g/mol. The topological polar surface area (TPSA) is 65.2 Å². The van der Waals surface area contributed by atoms with Gasteiger partial charge >= 0.3 is 0 Å². The average Bonchev–Trinajstić information content (AvgIpc) is 2.71. The van der Waals surface area contributed by atoms with Crippen molar-refractivity contribution >= 4 is 12.4 Å². The van der Waals surface area contributed by atoms with Crippen LogP contribution in [0.4, 0.5) is 0 Å². The van der Waals surface area contributed by atoms with Crippen LogP contribution in [0.5, 0.6) is 11.5 Å². The molecule has 0 aliphatic heterocycles. The second kappa shape index (κ2) is 12.1. The van der Waals surface area contributed by atoms with E-state index in [0.717, 1.165) is 35.1 Å². The van der Waals surface area contributed by atoms with Gasteiger partial charge in [-0.15, -0.1) is 0 Å². The lowest BCUT2D eigenvalue weighted by Crippen LogP contribution is -2.10. The Morgan fingerprint density at radius 1 is 0.639 bits per heavy atom. The Morgan fingerprint density at radius 3 is 1.25 bits per heavy atom. The van der Waals surface area contributed by atoms with E-state index in [-0.39, 0.29) is 22.7 Å². The van der Waals surface area contributed by atoms with Crippen molar-refractivity contribution < 1.29 is 10.2 Å². The Kier molecular flexibility index (Phi) is 9.93. The zero-order chi connectivity index (χ0) is 27.3. The van der Waals surface area contributed by atoms with Gasteiger partial charge in [0.1, 0.15) is 11.5 Å². The van der Waals surface area contributed by atoms with Gasteiger partial charge in [-0.3, -0.25) is 9.98 Å². The van der Waals surface area contributed by atoms with Crippen molar-refractivity contribution in [1.82, 2.24) is 0 Å². The first-order valence-corrected chi connectivity index (χ1v) is 13.3. The maximum absolute atomic E-state index is 10.8. The molecule has 198 valence electrons. The summed E-state index contributed by atoms with van der Waals surface area (Å²) in [4.78, 5) is 9.09. The summed E-state index contributed by atoms with van der Waals surface area (Å²) in [6, 6.07) is 8.34. The normalized spacial score (nSPS) is 13.1. The zero-order valence-corrected chi connectivity index (χ0v) is 24.2. The first kappa shape index (κ1) is 29.6. The molecule has 0 spiro atoms. The van der Waals surface area contributed by atoms with E-state index >= 15 is 0 Å². The maximum Gasteiger partial charge on any atom is 0.127 e. The summed E-state index contributed by atoms with van der Waals surface area (Å²) in [5.41, 5.74) is 6.21. The Hall–Kier alpha value is -2.62. The van der Waals surface area contributed by atoms with Crippen LogP contribution in [0.1, 0.15) is 114 Å². The van der Waals surface area contributed by atoms with Crippen molar-refractivity contribution in [3.05, 3.63) is 57.6 Å². The lowest BCUT2D eigenvalue weighted by Gasteiger charge is -2.20. The van der Waals surface area contributed by atoms with E-state index in [1.165, 1.54) is 11.1 Å². The highest BCUT2D eigenvalue weighted by atomic mass is 16.3. The average molecular weight is 493 g/mol. The van der Waals surface area contributed by atoms with E-state index < -0.39 is 0 Å². The van der Waals surface area contributed by atoms with Crippen LogP contribution in [-0.2, 0) is 12.8 Å². The molecule has 0 saturated carbocycles. The molecule has 2 rings (SSSR count). The predicted molar refractivity (Wildman–Crippen MR) is 156 cm³/mol. The molecule has 4 nitrogen and oxygen atoms in total. The highest BCUT2D eigenvalue weighted by molar-refractivity contribution is 5.85. The molecule has 0 aromatic heterocycles. The molecule has 0 fully saturated rings. The van der Waals surface area contributed by atoms with E-state index in [1.807, 2.05) is 12.1 Å². The molecule has 0 bridgehead atoms. The minimum absolute atomic E-state index is 0.166. The minimum atomic E-state index is 0.166. The molecule has 2 aromatic rings. The van der Waals surface area contributed by atoms with Gasteiger partial charge in [0.25, 0.3) is 0 Å². The number of benzene rings is 2. The number of aromatic hydroxyl groups is 2. The standard InChI is InChI=1S/C32H48N2O2/c1-21(2)27-15-23(17-31(5,6)7)13-25(29(27)35)19-33-11-12-34-20-26-14-24(18-32(8,9)10)16-28(22(3)4)30(26)36/h13-16,19-22,35-36H,11-12,17-18H2,1-10H3. The van der Waals surface area contributed by atoms with Crippen LogP contribution in [0.2, 0.25) is 0 Å². The van der Waals surface area contributed by atoms with Gasteiger partial charge in [-0.1, -0.05) is 81.4 Å². The molecule has 0 aliphatic carbocycles. The third kappa shape index (κ3) is 9.11. The monoisotopic (exact) mass is 492 g/mol. The lowest BCUT2D eigenvalue weighted by molar-refractivity contribution is 0.409. The second-order valence-electron chi connectivity index (χ2n) is 13.1. The smallest absolute Gasteiger partial charge is 0.127 e. The number of phenolic OH excluding ortho intramolecular Hbond substituents is 2. The Bertz CT molecular complexity index is 993. The molecular formula is C32H48N2O2. The van der Waals surface area contributed by atoms with E-state index in [1.54, 1.807) is 12.4 Å². The summed E-state index contributed by atoms with van der Waals surface area (Å²) in [7, 11) is 0. The predicted octanol–water partition coefficient (Wildman–Crippen LogP) is 8.06. The third-order valence-electron chi connectivity index (χ3n) is 5.99. The number of aliphatic imine (C=N–C) groups is 2. The summed E-state index contributed by atoms with van der Waals surface area (Å²) in [5.74, 6) is 1.10. The van der Waals surface area contributed by atoms with Gasteiger partial charge in [0.2, 0.25) is 0 Å². The van der Waals surface area contributed by atoms with Crippen LogP contribution in [0.25, 0.3) is 0 Å². The van der Waals surface area contributed by atoms with Crippen LogP contribution in [0.15, 0.2) is 34.3 Å². The van der Waals surface area contributed by atoms with Crippen molar-refractivity contribution in [3.63, 3.8) is 0 Å². The second-order valence-corrected chi connectivity index (χ2v) is 13.1. The van der Waals surface area contributed by atoms with Gasteiger partial charge < -0.3 is 10.2 Å². The molecule has 2 aromatic carbocycles. The van der Waals surface area contributed by atoms with Crippen molar-refractivity contribution in [1.29, 1.82) is 0 Å². The fourth-order valence-electron chi connectivity index (χ4n) is 4.44. The molecule has 36 heavy (non-hydrogen) atoms. The molecule has 0 amide bonds. The van der Waals surface area contributed by atoms with Gasteiger partial charge in [-0.05, 0) is 69.9 Å². The molecule has 0 radical (unpaired) electrons. The molecule has 0 unspecified atom stereocenters. The first-order chi connectivity index (χ1) is 16.6. The van der Waals surface area contributed by atoms with Crippen LogP contribution in [0.3, 0.4) is 0 Å². The van der Waals surface area contributed by atoms with Crippen LogP contribution >= 0.6 is 0 Å². The summed E-state index contributed by atoms with van der Waals surface area (Å²) in [6.07, 6.45) is 5.41. The first-order valence-electron chi connectivity index (χ1n) is 13.3. The number of rotatable bonds is 9. The minimum Gasteiger partial charge on any atom is -0.507 e. The Morgan fingerprint density at radius 2 is 0.972 bits per heavy atom. The SMILES string of the molecule is CC(C)c1cc(CC(C)(C)C)cc(C=NCCN=Cc2cc(CC(C)(C)C)cc(C(C)C)c2O)c1O. The summed E-state index contributed by atoms with van der Waals surface area (Å²) < 4.78 is 0. The van der Waals surface area contributed by atoms with Crippen molar-refractivity contribution in [2.45, 2.75) is 93.9 Å². The molecule has 0 heterocycles. The Labute approximate surface area is 219 Å². The number of phenols is 2. The number of hydrogen-bond acceptors (Lipinski definition) is 4. The van der Waals surface area contributed by atoms with Gasteiger partial charge in [0.15, 0.2) is 0 Å². The molecule has 0 saturated heterocycles. The van der Waals surface area contributed by atoms with Crippen LogP contribution in [0, 0.1) is 10.8 Å². The van der Waals surface area contributed by atoms with Gasteiger partial charge in [0.05, 0.1) is 13.1 Å².